The molecule has 5 aromatic rings. The van der Waals surface area contributed by atoms with E-state index in [9.17, 15) is 54.2 Å². The molecule has 0 heterocycles. The fourth-order valence-corrected chi connectivity index (χ4v) is 6.84. The Kier molecular flexibility index (Phi) is 9.78. The quantitative estimate of drug-likeness (QED) is 0.0223. The number of azo groups is 2. The topological polar surface area (TPSA) is 295 Å². The predicted octanol–water partition coefficient (Wildman–Crippen LogP) is 6.58. The summed E-state index contributed by atoms with van der Waals surface area (Å²) in [5.41, 5.74) is 4.97. The van der Waals surface area contributed by atoms with Crippen molar-refractivity contribution in [2.24, 2.45) is 15.3 Å². The number of rotatable bonds is 10. The van der Waals surface area contributed by atoms with Gasteiger partial charge in [-0.15, -0.1) is 10.2 Å². The van der Waals surface area contributed by atoms with Gasteiger partial charge in [0, 0.05) is 40.2 Å². The Morgan fingerprint density at radius 3 is 1.76 bits per heavy atom. The van der Waals surface area contributed by atoms with Gasteiger partial charge in [-0.25, -0.2) is 0 Å². The molecule has 0 bridgehead atoms. The molecule has 0 unspecified atom stereocenters. The highest BCUT2D eigenvalue weighted by Crippen LogP contribution is 2.34. The monoisotopic (exact) mass is 754 g/mol. The van der Waals surface area contributed by atoms with Crippen LogP contribution < -0.4 is 5.73 Å². The number of hydrogen-bond acceptors (Lipinski definition) is 13. The molecule has 0 amide bonds. The lowest BCUT2D eigenvalue weighted by Crippen LogP contribution is -2.03. The van der Waals surface area contributed by atoms with Gasteiger partial charge < -0.3 is 10.9 Å². The normalized spacial score (nSPS) is 13.0. The predicted molar refractivity (Wildman–Crippen MR) is 182 cm³/mol. The summed E-state index contributed by atoms with van der Waals surface area (Å²) < 4.78 is 100. The van der Waals surface area contributed by atoms with Crippen LogP contribution in [0.25, 0.3) is 22.9 Å². The number of nitro groups is 1. The average Bonchev–Trinajstić information content (AvgIpc) is 3.05. The number of hydrogen-bond donors (Lipinski definition) is 4. The molecule has 0 aromatic heterocycles. The van der Waals surface area contributed by atoms with E-state index in [0.29, 0.717) is 11.5 Å². The van der Waals surface area contributed by atoms with Crippen molar-refractivity contribution >= 4 is 87.4 Å². The highest BCUT2D eigenvalue weighted by atomic mass is 32.2. The van der Waals surface area contributed by atoms with Crippen LogP contribution in [0.2, 0.25) is 0 Å². The van der Waals surface area contributed by atoms with Gasteiger partial charge in [-0.05, 0) is 47.5 Å². The molecule has 262 valence electrons. The third-order valence-corrected chi connectivity index (χ3v) is 9.77. The molecule has 0 saturated heterocycles. The zero-order valence-electron chi connectivity index (χ0n) is 25.4. The maximum Gasteiger partial charge on any atom is 0.295 e. The molecule has 18 nitrogen and oxygen atoms in total. The molecular weight excluding hydrogens is 733 g/mol. The first-order valence-corrected chi connectivity index (χ1v) is 18.2. The Balaban J connectivity index is 1.43. The molecular formula is C30H22N6O12S3. The third-order valence-electron chi connectivity index (χ3n) is 7.04. The summed E-state index contributed by atoms with van der Waals surface area (Å²) in [5, 5.41) is 36.5. The largest absolute Gasteiger partial charge is 0.594 e. The summed E-state index contributed by atoms with van der Waals surface area (Å²) in [6.07, 6.45) is 2.09. The number of nitrogens with zero attached hydrogens (tertiary/aromatic N) is 5. The molecule has 0 fully saturated rings. The van der Waals surface area contributed by atoms with E-state index in [-0.39, 0.29) is 54.7 Å². The summed E-state index contributed by atoms with van der Waals surface area (Å²) in [4.78, 5) is 8.39. The van der Waals surface area contributed by atoms with Crippen LogP contribution in [0.3, 0.4) is 0 Å². The van der Waals surface area contributed by atoms with Crippen LogP contribution in [-0.4, -0.2) is 48.7 Å². The van der Waals surface area contributed by atoms with E-state index in [1.165, 1.54) is 48.5 Å². The van der Waals surface area contributed by atoms with Crippen molar-refractivity contribution in [3.8, 4) is 0 Å². The molecule has 0 aliphatic heterocycles. The second kappa shape index (κ2) is 13.7. The molecule has 5 N–H and O–H groups in total. The number of benzene rings is 5. The highest BCUT2D eigenvalue weighted by Gasteiger charge is 2.21. The summed E-state index contributed by atoms with van der Waals surface area (Å²) >= 11 is 0. The summed E-state index contributed by atoms with van der Waals surface area (Å²) in [6, 6.07) is 18.4. The van der Waals surface area contributed by atoms with Crippen molar-refractivity contribution in [3.05, 3.63) is 117 Å². The van der Waals surface area contributed by atoms with Crippen molar-refractivity contribution in [3.63, 3.8) is 0 Å². The van der Waals surface area contributed by atoms with Gasteiger partial charge in [0.15, 0.2) is 0 Å². The molecule has 0 atom stereocenters. The van der Waals surface area contributed by atoms with Crippen LogP contribution in [0, 0.1) is 15.3 Å². The van der Waals surface area contributed by atoms with Gasteiger partial charge in [0.2, 0.25) is 5.69 Å². The minimum absolute atomic E-state index is 0.0271. The van der Waals surface area contributed by atoms with Gasteiger partial charge >= 0.3 is 0 Å². The number of fused-ring (bicyclic) bond motifs is 1. The zero-order valence-corrected chi connectivity index (χ0v) is 27.8. The van der Waals surface area contributed by atoms with Gasteiger partial charge in [-0.3, -0.25) is 23.8 Å². The molecule has 21 heteroatoms. The van der Waals surface area contributed by atoms with Crippen LogP contribution in [0.1, 0.15) is 11.1 Å². The SMILES string of the molecule is Nc1cc([N+]([O-])=Nc2ccc(C=Cc3ccc([N+](=O)[O-])cc3S(=O)(=O)O)c(S(=O)(=O)O)c2)ccc1N=Nc1cccc2c(S(=O)(=O)O)cccc12. The number of anilines is 1. The summed E-state index contributed by atoms with van der Waals surface area (Å²) in [5.74, 6) is 0. The zero-order chi connectivity index (χ0) is 37.3. The van der Waals surface area contributed by atoms with Crippen LogP contribution in [-0.2, 0) is 30.4 Å². The molecule has 0 spiro atoms. The van der Waals surface area contributed by atoms with E-state index < -0.39 is 50.8 Å². The molecule has 51 heavy (non-hydrogen) atoms. The van der Waals surface area contributed by atoms with Gasteiger partial charge in [0.05, 0.1) is 16.3 Å². The van der Waals surface area contributed by atoms with Crippen LogP contribution >= 0.6 is 0 Å². The maximum atomic E-state index is 12.9. The number of nitro benzene ring substituents is 1. The number of non-ortho nitro benzene ring substituents is 1. The Morgan fingerprint density at radius 2 is 1.16 bits per heavy atom. The van der Waals surface area contributed by atoms with Crippen molar-refractivity contribution in [1.82, 2.24) is 0 Å². The molecule has 5 aromatic carbocycles. The van der Waals surface area contributed by atoms with Gasteiger partial charge in [-0.2, -0.15) is 25.3 Å². The minimum atomic E-state index is -4.96. The van der Waals surface area contributed by atoms with Crippen LogP contribution in [0.5, 0.6) is 0 Å². The van der Waals surface area contributed by atoms with E-state index in [1.807, 2.05) is 0 Å². The first-order chi connectivity index (χ1) is 23.8. The first kappa shape index (κ1) is 36.3. The molecule has 0 aliphatic rings. The fourth-order valence-electron chi connectivity index (χ4n) is 4.72. The number of nitrogen functional groups attached to an aromatic ring is 1. The van der Waals surface area contributed by atoms with E-state index in [0.717, 1.165) is 36.4 Å². The first-order valence-electron chi connectivity index (χ1n) is 13.9. The lowest BCUT2D eigenvalue weighted by molar-refractivity contribution is -0.435. The molecule has 0 radical (unpaired) electrons. The van der Waals surface area contributed by atoms with E-state index in [1.54, 1.807) is 12.1 Å². The summed E-state index contributed by atoms with van der Waals surface area (Å²) in [6.45, 7) is 0. The third kappa shape index (κ3) is 8.26. The van der Waals surface area contributed by atoms with Crippen molar-refractivity contribution in [1.29, 1.82) is 0 Å². The number of nitrogens with two attached hydrogens (primary N) is 1. The fraction of sp³-hybridized carbons (Fsp3) is 0. The Hall–Kier alpha value is -5.97. The standard InChI is InChI=1S/C30H22N6O12S3/c31-25-16-21(13-14-27(25)33-32-26-5-1-4-24-23(26)3-2-6-28(24)49(40,41)42)35(37)34-20-11-9-18(29(15-20)50(43,44)45)7-8-19-10-12-22(36(38)39)17-30(19)51(46,47)48/h1-17H,31H2,(H,40,41,42)(H,43,44,45)(H,46,47,48). The van der Waals surface area contributed by atoms with E-state index in [2.05, 4.69) is 15.3 Å². The van der Waals surface area contributed by atoms with E-state index >= 15 is 0 Å². The lowest BCUT2D eigenvalue weighted by atomic mass is 10.1. The minimum Gasteiger partial charge on any atom is -0.594 e. The smallest absolute Gasteiger partial charge is 0.295 e. The molecule has 0 saturated carbocycles. The van der Waals surface area contributed by atoms with Crippen molar-refractivity contribution in [2.45, 2.75) is 14.7 Å². The molecule has 0 aliphatic carbocycles. The Bertz CT molecular complexity index is 2680. The van der Waals surface area contributed by atoms with Crippen molar-refractivity contribution in [2.75, 3.05) is 5.73 Å². The molecule has 5 rings (SSSR count). The maximum absolute atomic E-state index is 12.9. The van der Waals surface area contributed by atoms with Gasteiger partial charge in [0.25, 0.3) is 36.0 Å². The highest BCUT2D eigenvalue weighted by molar-refractivity contribution is 7.86. The van der Waals surface area contributed by atoms with Gasteiger partial charge in [0.1, 0.15) is 26.1 Å². The summed E-state index contributed by atoms with van der Waals surface area (Å²) in [7, 11) is -14.4. The van der Waals surface area contributed by atoms with E-state index in [4.69, 9.17) is 5.73 Å². The van der Waals surface area contributed by atoms with Crippen LogP contribution in [0.15, 0.2) is 121 Å². The van der Waals surface area contributed by atoms with Crippen molar-refractivity contribution < 1.29 is 48.7 Å². The van der Waals surface area contributed by atoms with Crippen LogP contribution in [0.4, 0.5) is 34.1 Å². The van der Waals surface area contributed by atoms with Gasteiger partial charge in [-0.1, -0.05) is 47.3 Å². The average molecular weight is 755 g/mol. The second-order valence-corrected chi connectivity index (χ2v) is 14.6. The Morgan fingerprint density at radius 1 is 0.608 bits per heavy atom. The lowest BCUT2D eigenvalue weighted by Gasteiger charge is -2.07. The Labute approximate surface area is 288 Å². The second-order valence-electron chi connectivity index (χ2n) is 10.4.